The Balaban J connectivity index is 2.28. The molecule has 0 aliphatic rings. The van der Waals surface area contributed by atoms with Gasteiger partial charge in [0.25, 0.3) is 5.91 Å². The molecule has 0 atom stereocenters. The van der Waals surface area contributed by atoms with Crippen molar-refractivity contribution in [3.8, 4) is 0 Å². The summed E-state index contributed by atoms with van der Waals surface area (Å²) < 4.78 is 0. The van der Waals surface area contributed by atoms with E-state index in [-0.39, 0.29) is 18.0 Å². The fourth-order valence-corrected chi connectivity index (χ4v) is 1.47. The molecule has 0 aromatic carbocycles. The molecule has 1 aromatic heterocycles. The van der Waals surface area contributed by atoms with Gasteiger partial charge in [-0.25, -0.2) is 4.98 Å². The van der Waals surface area contributed by atoms with Crippen LogP contribution in [0.25, 0.3) is 0 Å². The Labute approximate surface area is 90.1 Å². The number of aliphatic carboxylic acids is 1. The summed E-state index contributed by atoms with van der Waals surface area (Å²) in [6, 6.07) is 0. The van der Waals surface area contributed by atoms with E-state index in [0.29, 0.717) is 18.1 Å². The molecule has 1 aromatic rings. The molecule has 0 aliphatic heterocycles. The molecule has 0 saturated carbocycles. The molecule has 4 N–H and O–H groups in total. The van der Waals surface area contributed by atoms with Crippen LogP contribution in [0.15, 0.2) is 5.38 Å². The lowest BCUT2D eigenvalue weighted by Crippen LogP contribution is -2.25. The fraction of sp³-hybridized carbons (Fsp3) is 0.375. The average Bonchev–Trinajstić information content (AvgIpc) is 2.59. The number of carbonyl (C=O) groups is 2. The van der Waals surface area contributed by atoms with Crippen LogP contribution in [-0.2, 0) is 4.79 Å². The van der Waals surface area contributed by atoms with Crippen LogP contribution < -0.4 is 11.1 Å². The predicted octanol–water partition coefficient (Wildman–Crippen LogP) is 0.320. The molecule has 7 heteroatoms. The van der Waals surface area contributed by atoms with Gasteiger partial charge in [-0.1, -0.05) is 0 Å². The first-order valence-corrected chi connectivity index (χ1v) is 5.18. The lowest BCUT2D eigenvalue weighted by molar-refractivity contribution is -0.137. The maximum absolute atomic E-state index is 11.3. The number of nitrogens with zero attached hydrogens (tertiary/aromatic N) is 1. The number of rotatable bonds is 5. The van der Waals surface area contributed by atoms with Crippen LogP contribution in [0.1, 0.15) is 23.3 Å². The lowest BCUT2D eigenvalue weighted by Gasteiger charge is -2.00. The summed E-state index contributed by atoms with van der Waals surface area (Å²) in [5, 5.41) is 12.8. The second-order valence-corrected chi connectivity index (χ2v) is 3.71. The van der Waals surface area contributed by atoms with Crippen LogP contribution in [-0.4, -0.2) is 28.5 Å². The molecule has 0 radical (unpaired) electrons. The molecule has 0 aliphatic carbocycles. The Morgan fingerprint density at radius 1 is 1.60 bits per heavy atom. The minimum atomic E-state index is -0.873. The third kappa shape index (κ3) is 3.94. The summed E-state index contributed by atoms with van der Waals surface area (Å²) >= 11 is 1.19. The van der Waals surface area contributed by atoms with Crippen molar-refractivity contribution in [2.24, 2.45) is 0 Å². The minimum Gasteiger partial charge on any atom is -0.481 e. The molecule has 1 amide bonds. The summed E-state index contributed by atoms with van der Waals surface area (Å²) in [5.41, 5.74) is 5.63. The number of carbonyl (C=O) groups excluding carboxylic acids is 1. The highest BCUT2D eigenvalue weighted by atomic mass is 32.1. The zero-order chi connectivity index (χ0) is 11.3. The molecule has 1 rings (SSSR count). The van der Waals surface area contributed by atoms with E-state index in [1.165, 1.54) is 11.3 Å². The van der Waals surface area contributed by atoms with Crippen LogP contribution in [0.5, 0.6) is 0 Å². The van der Waals surface area contributed by atoms with Gasteiger partial charge in [-0.2, -0.15) is 0 Å². The number of hydrogen-bond acceptors (Lipinski definition) is 5. The highest BCUT2D eigenvalue weighted by Gasteiger charge is 2.08. The molecule has 0 spiro atoms. The Kier molecular flexibility index (Phi) is 4.04. The first-order chi connectivity index (χ1) is 7.09. The van der Waals surface area contributed by atoms with Crippen LogP contribution >= 0.6 is 11.3 Å². The number of anilines is 1. The lowest BCUT2D eigenvalue weighted by atomic mass is 10.3. The van der Waals surface area contributed by atoms with E-state index in [1.54, 1.807) is 5.38 Å². The van der Waals surface area contributed by atoms with Crippen LogP contribution in [0.3, 0.4) is 0 Å². The quantitative estimate of drug-likeness (QED) is 0.630. The van der Waals surface area contributed by atoms with Crippen molar-refractivity contribution in [1.82, 2.24) is 10.3 Å². The molecular formula is C8H11N3O3S. The highest BCUT2D eigenvalue weighted by Crippen LogP contribution is 2.10. The molecule has 1 heterocycles. The molecular weight excluding hydrogens is 218 g/mol. The topological polar surface area (TPSA) is 105 Å². The third-order valence-electron chi connectivity index (χ3n) is 1.61. The molecule has 0 saturated heterocycles. The zero-order valence-electron chi connectivity index (χ0n) is 7.90. The molecule has 0 bridgehead atoms. The van der Waals surface area contributed by atoms with Crippen molar-refractivity contribution in [1.29, 1.82) is 0 Å². The molecule has 6 nitrogen and oxygen atoms in total. The van der Waals surface area contributed by atoms with Gasteiger partial charge in [-0.3, -0.25) is 9.59 Å². The second kappa shape index (κ2) is 5.30. The standard InChI is InChI=1S/C8H11N3O3S/c9-8-11-5(4-15-8)7(14)10-3-1-2-6(12)13/h4H,1-3H2,(H2,9,11)(H,10,14)(H,12,13). The number of thiazole rings is 1. The van der Waals surface area contributed by atoms with Crippen LogP contribution in [0.4, 0.5) is 5.13 Å². The average molecular weight is 229 g/mol. The van der Waals surface area contributed by atoms with Crippen molar-refractivity contribution in [3.63, 3.8) is 0 Å². The van der Waals surface area contributed by atoms with E-state index in [4.69, 9.17) is 10.8 Å². The predicted molar refractivity (Wildman–Crippen MR) is 55.7 cm³/mol. The van der Waals surface area contributed by atoms with Crippen molar-refractivity contribution < 1.29 is 14.7 Å². The summed E-state index contributed by atoms with van der Waals surface area (Å²) in [6.07, 6.45) is 0.445. The number of aromatic nitrogens is 1. The minimum absolute atomic E-state index is 0.0412. The van der Waals surface area contributed by atoms with Crippen LogP contribution in [0.2, 0.25) is 0 Å². The second-order valence-electron chi connectivity index (χ2n) is 2.82. The van der Waals surface area contributed by atoms with Gasteiger partial charge >= 0.3 is 5.97 Å². The van der Waals surface area contributed by atoms with E-state index in [1.807, 2.05) is 0 Å². The number of nitrogen functional groups attached to an aromatic ring is 1. The maximum Gasteiger partial charge on any atom is 0.303 e. The SMILES string of the molecule is Nc1nc(C(=O)NCCCC(=O)O)cs1. The number of amides is 1. The normalized spacial score (nSPS) is 9.87. The van der Waals surface area contributed by atoms with Crippen molar-refractivity contribution in [3.05, 3.63) is 11.1 Å². The van der Waals surface area contributed by atoms with Gasteiger partial charge in [-0.05, 0) is 6.42 Å². The van der Waals surface area contributed by atoms with E-state index >= 15 is 0 Å². The molecule has 0 unspecified atom stereocenters. The van der Waals surface area contributed by atoms with Gasteiger partial charge in [0.2, 0.25) is 0 Å². The Morgan fingerprint density at radius 3 is 2.87 bits per heavy atom. The van der Waals surface area contributed by atoms with Crippen molar-refractivity contribution in [2.75, 3.05) is 12.3 Å². The van der Waals surface area contributed by atoms with Gasteiger partial charge in [-0.15, -0.1) is 11.3 Å². The fourth-order valence-electron chi connectivity index (χ4n) is 0.924. The molecule has 15 heavy (non-hydrogen) atoms. The highest BCUT2D eigenvalue weighted by molar-refractivity contribution is 7.13. The first kappa shape index (κ1) is 11.4. The first-order valence-electron chi connectivity index (χ1n) is 4.30. The summed E-state index contributed by atoms with van der Waals surface area (Å²) in [6.45, 7) is 0.322. The van der Waals surface area contributed by atoms with E-state index in [2.05, 4.69) is 10.3 Å². The van der Waals surface area contributed by atoms with Crippen LogP contribution in [0, 0.1) is 0 Å². The zero-order valence-corrected chi connectivity index (χ0v) is 8.71. The Hall–Kier alpha value is -1.63. The van der Waals surface area contributed by atoms with E-state index in [0.717, 1.165) is 0 Å². The third-order valence-corrected chi connectivity index (χ3v) is 2.28. The summed E-state index contributed by atoms with van der Waals surface area (Å²) in [4.78, 5) is 25.3. The largest absolute Gasteiger partial charge is 0.481 e. The monoisotopic (exact) mass is 229 g/mol. The van der Waals surface area contributed by atoms with E-state index in [9.17, 15) is 9.59 Å². The Bertz CT molecular complexity index is 364. The van der Waals surface area contributed by atoms with Gasteiger partial charge in [0.1, 0.15) is 5.69 Å². The van der Waals surface area contributed by atoms with Crippen molar-refractivity contribution in [2.45, 2.75) is 12.8 Å². The summed E-state index contributed by atoms with van der Waals surface area (Å²) in [7, 11) is 0. The van der Waals surface area contributed by atoms with Gasteiger partial charge in [0.05, 0.1) is 0 Å². The number of carboxylic acids is 1. The van der Waals surface area contributed by atoms with Crippen molar-refractivity contribution >= 4 is 28.3 Å². The number of nitrogens with two attached hydrogens (primary N) is 1. The number of hydrogen-bond donors (Lipinski definition) is 3. The van der Waals surface area contributed by atoms with E-state index < -0.39 is 5.97 Å². The smallest absolute Gasteiger partial charge is 0.303 e. The molecule has 82 valence electrons. The van der Waals surface area contributed by atoms with Gasteiger partial charge in [0.15, 0.2) is 5.13 Å². The van der Waals surface area contributed by atoms with Gasteiger partial charge < -0.3 is 16.2 Å². The number of carboxylic acid groups (broad SMARTS) is 1. The molecule has 0 fully saturated rings. The number of nitrogens with one attached hydrogen (secondary N) is 1. The Morgan fingerprint density at radius 2 is 2.33 bits per heavy atom. The summed E-state index contributed by atoms with van der Waals surface area (Å²) in [5.74, 6) is -1.20. The van der Waals surface area contributed by atoms with Gasteiger partial charge in [0, 0.05) is 18.3 Å². The maximum atomic E-state index is 11.3.